The van der Waals surface area contributed by atoms with Crippen molar-refractivity contribution in [2.75, 3.05) is 25.2 Å². The Hall–Kier alpha value is -1.64. The Morgan fingerprint density at radius 1 is 1.40 bits per heavy atom. The highest BCUT2D eigenvalue weighted by molar-refractivity contribution is 7.88. The lowest BCUT2D eigenvalue weighted by Gasteiger charge is -2.14. The lowest BCUT2D eigenvalue weighted by Crippen LogP contribution is -2.34. The van der Waals surface area contributed by atoms with E-state index >= 15 is 0 Å². The molecular weight excluding hydrogens is 308 g/mol. The summed E-state index contributed by atoms with van der Waals surface area (Å²) >= 11 is 5.69. The van der Waals surface area contributed by atoms with Gasteiger partial charge in [-0.3, -0.25) is 4.79 Å². The van der Waals surface area contributed by atoms with Crippen LogP contribution in [-0.2, 0) is 14.8 Å². The van der Waals surface area contributed by atoms with Crippen molar-refractivity contribution < 1.29 is 23.1 Å². The Bertz CT molecular complexity index is 644. The van der Waals surface area contributed by atoms with E-state index in [0.29, 0.717) is 0 Å². The summed E-state index contributed by atoms with van der Waals surface area (Å²) < 4.78 is 23.2. The Balaban J connectivity index is 2.82. The quantitative estimate of drug-likeness (QED) is 0.837. The molecule has 7 nitrogen and oxygen atoms in total. The molecule has 1 aromatic carbocycles. The third-order valence-corrected chi connectivity index (χ3v) is 4.00. The number of rotatable bonds is 5. The SMILES string of the molecule is CN(CC(=O)Nc1ccc(Cl)c(C(=O)O)c1)S(C)(=O)=O. The van der Waals surface area contributed by atoms with E-state index in [4.69, 9.17) is 16.7 Å². The number of anilines is 1. The maximum absolute atomic E-state index is 11.6. The summed E-state index contributed by atoms with van der Waals surface area (Å²) in [6, 6.07) is 3.96. The molecule has 0 saturated heterocycles. The predicted molar refractivity (Wildman–Crippen MR) is 74.5 cm³/mol. The van der Waals surface area contributed by atoms with Crippen LogP contribution in [-0.4, -0.2) is 49.6 Å². The van der Waals surface area contributed by atoms with Crippen molar-refractivity contribution in [3.63, 3.8) is 0 Å². The van der Waals surface area contributed by atoms with Gasteiger partial charge >= 0.3 is 5.97 Å². The molecule has 1 amide bonds. The van der Waals surface area contributed by atoms with Gasteiger partial charge in [0, 0.05) is 12.7 Å². The lowest BCUT2D eigenvalue weighted by molar-refractivity contribution is -0.116. The highest BCUT2D eigenvalue weighted by Crippen LogP contribution is 2.20. The number of carboxylic acid groups (broad SMARTS) is 1. The van der Waals surface area contributed by atoms with E-state index < -0.39 is 21.9 Å². The van der Waals surface area contributed by atoms with Crippen molar-refractivity contribution in [2.45, 2.75) is 0 Å². The second-order valence-electron chi connectivity index (χ2n) is 4.07. The molecule has 0 bridgehead atoms. The van der Waals surface area contributed by atoms with Crippen LogP contribution in [0.15, 0.2) is 18.2 Å². The molecule has 2 N–H and O–H groups in total. The standard InChI is InChI=1S/C11H13ClN2O5S/c1-14(20(2,18)19)6-10(15)13-7-3-4-9(12)8(5-7)11(16)17/h3-5H,6H2,1-2H3,(H,13,15)(H,16,17). The summed E-state index contributed by atoms with van der Waals surface area (Å²) in [6.45, 7) is -0.371. The number of aromatic carboxylic acids is 1. The highest BCUT2D eigenvalue weighted by atomic mass is 35.5. The number of likely N-dealkylation sites (N-methyl/N-ethyl adjacent to an activating group) is 1. The van der Waals surface area contributed by atoms with Gasteiger partial charge in [-0.15, -0.1) is 0 Å². The monoisotopic (exact) mass is 320 g/mol. The molecule has 0 aliphatic rings. The first-order valence-electron chi connectivity index (χ1n) is 5.35. The van der Waals surface area contributed by atoms with Gasteiger partial charge < -0.3 is 10.4 Å². The molecule has 0 aliphatic carbocycles. The molecule has 0 aromatic heterocycles. The minimum absolute atomic E-state index is 0.0451. The Morgan fingerprint density at radius 2 is 2.00 bits per heavy atom. The maximum Gasteiger partial charge on any atom is 0.337 e. The van der Waals surface area contributed by atoms with E-state index in [2.05, 4.69) is 5.32 Å². The predicted octanol–water partition coefficient (Wildman–Crippen LogP) is 0.868. The van der Waals surface area contributed by atoms with Gasteiger partial charge in [0.05, 0.1) is 23.4 Å². The fourth-order valence-electron chi connectivity index (χ4n) is 1.29. The second-order valence-corrected chi connectivity index (χ2v) is 6.56. The molecule has 0 spiro atoms. The molecular formula is C11H13ClN2O5S. The first-order chi connectivity index (χ1) is 9.11. The number of nitrogens with zero attached hydrogens (tertiary/aromatic N) is 1. The van der Waals surface area contributed by atoms with Gasteiger partial charge in [-0.25, -0.2) is 13.2 Å². The number of carboxylic acids is 1. The van der Waals surface area contributed by atoms with Crippen LogP contribution in [0, 0.1) is 0 Å². The van der Waals surface area contributed by atoms with Gasteiger partial charge in [-0.2, -0.15) is 4.31 Å². The van der Waals surface area contributed by atoms with Crippen LogP contribution < -0.4 is 5.32 Å². The van der Waals surface area contributed by atoms with Crippen LogP contribution in [0.3, 0.4) is 0 Å². The van der Waals surface area contributed by atoms with E-state index in [1.165, 1.54) is 25.2 Å². The van der Waals surface area contributed by atoms with Crippen molar-refractivity contribution >= 4 is 39.2 Å². The molecule has 110 valence electrons. The fraction of sp³-hybridized carbons (Fsp3) is 0.273. The van der Waals surface area contributed by atoms with Crippen LogP contribution >= 0.6 is 11.6 Å². The Kier molecular flexibility index (Phi) is 5.09. The fourth-order valence-corrected chi connectivity index (χ4v) is 1.84. The van der Waals surface area contributed by atoms with Crippen LogP contribution in [0.5, 0.6) is 0 Å². The first-order valence-corrected chi connectivity index (χ1v) is 7.58. The molecule has 1 rings (SSSR count). The van der Waals surface area contributed by atoms with E-state index in [1.807, 2.05) is 0 Å². The summed E-state index contributed by atoms with van der Waals surface area (Å²) in [7, 11) is -2.20. The van der Waals surface area contributed by atoms with Crippen molar-refractivity contribution in [2.24, 2.45) is 0 Å². The van der Waals surface area contributed by atoms with Gasteiger partial charge in [0.15, 0.2) is 0 Å². The average molecular weight is 321 g/mol. The zero-order valence-electron chi connectivity index (χ0n) is 10.8. The molecule has 0 heterocycles. The van der Waals surface area contributed by atoms with E-state index in [9.17, 15) is 18.0 Å². The Morgan fingerprint density at radius 3 is 2.50 bits per heavy atom. The molecule has 0 saturated carbocycles. The van der Waals surface area contributed by atoms with Gasteiger partial charge in [-0.05, 0) is 18.2 Å². The molecule has 0 atom stereocenters. The van der Waals surface area contributed by atoms with Crippen LogP contribution in [0.4, 0.5) is 5.69 Å². The third-order valence-electron chi connectivity index (χ3n) is 2.41. The minimum atomic E-state index is -3.46. The minimum Gasteiger partial charge on any atom is -0.478 e. The van der Waals surface area contributed by atoms with Gasteiger partial charge in [-0.1, -0.05) is 11.6 Å². The van der Waals surface area contributed by atoms with Gasteiger partial charge in [0.2, 0.25) is 15.9 Å². The van der Waals surface area contributed by atoms with Crippen molar-refractivity contribution in [3.8, 4) is 0 Å². The number of carbonyl (C=O) groups excluding carboxylic acids is 1. The molecule has 20 heavy (non-hydrogen) atoms. The summed E-state index contributed by atoms with van der Waals surface area (Å²) in [5.74, 6) is -1.81. The lowest BCUT2D eigenvalue weighted by atomic mass is 10.2. The number of hydrogen-bond acceptors (Lipinski definition) is 4. The maximum atomic E-state index is 11.6. The second kappa shape index (κ2) is 6.21. The van der Waals surface area contributed by atoms with E-state index in [0.717, 1.165) is 10.6 Å². The molecule has 1 aromatic rings. The number of halogens is 1. The molecule has 0 unspecified atom stereocenters. The van der Waals surface area contributed by atoms with Gasteiger partial charge in [0.1, 0.15) is 0 Å². The van der Waals surface area contributed by atoms with Gasteiger partial charge in [0.25, 0.3) is 0 Å². The highest BCUT2D eigenvalue weighted by Gasteiger charge is 2.16. The summed E-state index contributed by atoms with van der Waals surface area (Å²) in [5.41, 5.74) is 0.0691. The average Bonchev–Trinajstić information content (AvgIpc) is 2.29. The molecule has 0 radical (unpaired) electrons. The number of sulfonamides is 1. The number of amides is 1. The largest absolute Gasteiger partial charge is 0.478 e. The number of benzene rings is 1. The normalized spacial score (nSPS) is 11.4. The summed E-state index contributed by atoms with van der Waals surface area (Å²) in [4.78, 5) is 22.5. The van der Waals surface area contributed by atoms with E-state index in [-0.39, 0.29) is 22.8 Å². The number of nitrogens with one attached hydrogen (secondary N) is 1. The summed E-state index contributed by atoms with van der Waals surface area (Å²) in [6.07, 6.45) is 0.977. The molecule has 0 fully saturated rings. The van der Waals surface area contributed by atoms with Crippen LogP contribution in [0.2, 0.25) is 5.02 Å². The van der Waals surface area contributed by atoms with Crippen LogP contribution in [0.25, 0.3) is 0 Å². The van der Waals surface area contributed by atoms with Crippen molar-refractivity contribution in [1.82, 2.24) is 4.31 Å². The zero-order chi connectivity index (χ0) is 15.5. The van der Waals surface area contributed by atoms with Crippen molar-refractivity contribution in [3.05, 3.63) is 28.8 Å². The summed E-state index contributed by atoms with van der Waals surface area (Å²) in [5, 5.41) is 11.3. The topological polar surface area (TPSA) is 104 Å². The van der Waals surface area contributed by atoms with Crippen LogP contribution in [0.1, 0.15) is 10.4 Å². The Labute approximate surface area is 121 Å². The first kappa shape index (κ1) is 16.4. The smallest absolute Gasteiger partial charge is 0.337 e. The number of hydrogen-bond donors (Lipinski definition) is 2. The number of carbonyl (C=O) groups is 2. The molecule has 9 heteroatoms. The third kappa shape index (κ3) is 4.48. The molecule has 0 aliphatic heterocycles. The van der Waals surface area contributed by atoms with E-state index in [1.54, 1.807) is 0 Å². The zero-order valence-corrected chi connectivity index (χ0v) is 12.3. The van der Waals surface area contributed by atoms with Crippen molar-refractivity contribution in [1.29, 1.82) is 0 Å².